The Morgan fingerprint density at radius 1 is 0.727 bits per heavy atom. The second-order valence-electron chi connectivity index (χ2n) is 9.79. The van der Waals surface area contributed by atoms with Gasteiger partial charge in [-0.1, -0.05) is 122 Å². The predicted octanol–water partition coefficient (Wildman–Crippen LogP) is 11.7. The molecular formula is C33H60. The van der Waals surface area contributed by atoms with Crippen molar-refractivity contribution in [3.8, 4) is 0 Å². The summed E-state index contributed by atoms with van der Waals surface area (Å²) in [6, 6.07) is 0. The van der Waals surface area contributed by atoms with Gasteiger partial charge in [-0.25, -0.2) is 0 Å². The van der Waals surface area contributed by atoms with Gasteiger partial charge in [-0.05, 0) is 81.8 Å². The van der Waals surface area contributed by atoms with Crippen molar-refractivity contribution in [2.45, 2.75) is 116 Å². The molecule has 0 radical (unpaired) electrons. The van der Waals surface area contributed by atoms with E-state index in [1.165, 1.54) is 35.1 Å². The van der Waals surface area contributed by atoms with Crippen molar-refractivity contribution in [1.82, 2.24) is 0 Å². The topological polar surface area (TPSA) is 0 Å². The van der Waals surface area contributed by atoms with Gasteiger partial charge in [-0.2, -0.15) is 0 Å². The molecule has 0 saturated heterocycles. The van der Waals surface area contributed by atoms with E-state index in [0.29, 0.717) is 11.8 Å². The van der Waals surface area contributed by atoms with Crippen LogP contribution in [0, 0.1) is 23.7 Å². The highest BCUT2D eigenvalue weighted by atomic mass is 14.1. The van der Waals surface area contributed by atoms with Crippen LogP contribution in [0.3, 0.4) is 0 Å². The van der Waals surface area contributed by atoms with E-state index in [2.05, 4.69) is 119 Å². The van der Waals surface area contributed by atoms with E-state index in [4.69, 9.17) is 0 Å². The first-order chi connectivity index (χ1) is 15.5. The van der Waals surface area contributed by atoms with Gasteiger partial charge in [-0.15, -0.1) is 6.58 Å². The molecule has 3 atom stereocenters. The first-order valence-electron chi connectivity index (χ1n) is 13.5. The molecule has 0 aromatic heterocycles. The van der Waals surface area contributed by atoms with Gasteiger partial charge >= 0.3 is 0 Å². The van der Waals surface area contributed by atoms with Crippen molar-refractivity contribution >= 4 is 0 Å². The molecule has 0 aliphatic carbocycles. The Balaban J connectivity index is -0.000000508. The normalized spacial score (nSPS) is 15.2. The van der Waals surface area contributed by atoms with Gasteiger partial charge in [0.2, 0.25) is 0 Å². The Kier molecular flexibility index (Phi) is 25.8. The molecule has 3 unspecified atom stereocenters. The van der Waals surface area contributed by atoms with E-state index in [1.54, 1.807) is 0 Å². The number of hydrogen-bond donors (Lipinski definition) is 0. The van der Waals surface area contributed by atoms with Gasteiger partial charge in [0.25, 0.3) is 0 Å². The molecule has 0 aromatic rings. The Labute approximate surface area is 210 Å². The second-order valence-corrected chi connectivity index (χ2v) is 9.79. The van der Waals surface area contributed by atoms with Crippen LogP contribution in [-0.2, 0) is 0 Å². The fourth-order valence-electron chi connectivity index (χ4n) is 2.77. The monoisotopic (exact) mass is 456 g/mol. The van der Waals surface area contributed by atoms with E-state index in [9.17, 15) is 0 Å². The molecular weight excluding hydrogens is 396 g/mol. The van der Waals surface area contributed by atoms with Gasteiger partial charge in [0.1, 0.15) is 0 Å². The molecule has 0 saturated carbocycles. The molecule has 0 aliphatic heterocycles. The molecule has 33 heavy (non-hydrogen) atoms. The van der Waals surface area contributed by atoms with Crippen molar-refractivity contribution in [3.63, 3.8) is 0 Å². The summed E-state index contributed by atoms with van der Waals surface area (Å²) < 4.78 is 0. The lowest BCUT2D eigenvalue weighted by atomic mass is 9.88. The van der Waals surface area contributed by atoms with Gasteiger partial charge in [0.05, 0.1) is 0 Å². The zero-order valence-electron chi connectivity index (χ0n) is 24.9. The maximum absolute atomic E-state index is 3.79. The van der Waals surface area contributed by atoms with Crippen LogP contribution >= 0.6 is 0 Å². The molecule has 0 heteroatoms. The summed E-state index contributed by atoms with van der Waals surface area (Å²) >= 11 is 0. The van der Waals surface area contributed by atoms with Crippen molar-refractivity contribution < 1.29 is 0 Å². The van der Waals surface area contributed by atoms with Crippen LogP contribution in [0.25, 0.3) is 0 Å². The van der Waals surface area contributed by atoms with Crippen molar-refractivity contribution in [2.75, 3.05) is 0 Å². The number of allylic oxidation sites excluding steroid dienone is 11. The Bertz CT molecular complexity index is 614. The lowest BCUT2D eigenvalue weighted by Gasteiger charge is -2.17. The fraction of sp³-hybridized carbons (Fsp3) is 0.636. The van der Waals surface area contributed by atoms with Gasteiger partial charge in [-0.3, -0.25) is 0 Å². The van der Waals surface area contributed by atoms with Crippen molar-refractivity contribution in [2.24, 2.45) is 23.7 Å². The average molecular weight is 457 g/mol. The Morgan fingerprint density at radius 2 is 1.30 bits per heavy atom. The maximum Gasteiger partial charge on any atom is -0.00845 e. The summed E-state index contributed by atoms with van der Waals surface area (Å²) in [5.74, 6) is 2.81. The maximum atomic E-state index is 3.79. The number of rotatable bonds is 12. The van der Waals surface area contributed by atoms with E-state index in [0.717, 1.165) is 24.7 Å². The van der Waals surface area contributed by atoms with Crippen LogP contribution in [0.1, 0.15) is 116 Å². The molecule has 0 nitrogen and oxygen atoms in total. The standard InChI is InChI=1S/C16H26.C15H28.C2H6/c1-7-14(5)10-12-16(8-2)15(6)11-9-13(3)4;1-7-13(4)9-11-15(6)14(5)10-8-12(2)3;1-2/h9-12H,7-8H2,1-6H3;7,9,11-15H,1,8,10H2,2-6H3;1-2H3/b14-10+,15-11+,16-12+;11-9-;. The summed E-state index contributed by atoms with van der Waals surface area (Å²) in [7, 11) is 0. The molecule has 0 bridgehead atoms. The van der Waals surface area contributed by atoms with Gasteiger partial charge in [0, 0.05) is 0 Å². The summed E-state index contributed by atoms with van der Waals surface area (Å²) in [5, 5.41) is 0. The molecule has 0 amide bonds. The van der Waals surface area contributed by atoms with Gasteiger partial charge in [0.15, 0.2) is 0 Å². The molecule has 0 N–H and O–H groups in total. The minimum atomic E-state index is 0.504. The first kappa shape index (κ1) is 36.0. The van der Waals surface area contributed by atoms with Crippen molar-refractivity contribution in [1.29, 1.82) is 0 Å². The van der Waals surface area contributed by atoms with Crippen LogP contribution in [0.15, 0.2) is 71.4 Å². The van der Waals surface area contributed by atoms with Crippen molar-refractivity contribution in [3.05, 3.63) is 71.4 Å². The highest BCUT2D eigenvalue weighted by Crippen LogP contribution is 2.21. The lowest BCUT2D eigenvalue weighted by Crippen LogP contribution is -2.07. The van der Waals surface area contributed by atoms with E-state index >= 15 is 0 Å². The zero-order valence-corrected chi connectivity index (χ0v) is 24.9. The summed E-state index contributed by atoms with van der Waals surface area (Å²) in [5.41, 5.74) is 5.56. The second kappa shape index (κ2) is 23.6. The first-order valence-corrected chi connectivity index (χ1v) is 13.5. The van der Waals surface area contributed by atoms with Crippen LogP contribution in [-0.4, -0.2) is 0 Å². The molecule has 0 aromatic carbocycles. The quantitative estimate of drug-likeness (QED) is 0.202. The summed E-state index contributed by atoms with van der Waals surface area (Å²) in [6.45, 7) is 32.3. The molecule has 0 aliphatic rings. The van der Waals surface area contributed by atoms with Crippen LogP contribution in [0.5, 0.6) is 0 Å². The summed E-state index contributed by atoms with van der Waals surface area (Å²) in [4.78, 5) is 0. The lowest BCUT2D eigenvalue weighted by molar-refractivity contribution is 0.384. The molecule has 192 valence electrons. The minimum Gasteiger partial charge on any atom is -0.102 e. The van der Waals surface area contributed by atoms with E-state index in [1.807, 2.05) is 19.9 Å². The third-order valence-electron chi connectivity index (χ3n) is 5.87. The summed E-state index contributed by atoms with van der Waals surface area (Å²) in [6.07, 6.45) is 20.4. The third kappa shape index (κ3) is 23.4. The zero-order chi connectivity index (χ0) is 26.4. The highest BCUT2D eigenvalue weighted by molar-refractivity contribution is 5.35. The van der Waals surface area contributed by atoms with Crippen LogP contribution in [0.4, 0.5) is 0 Å². The highest BCUT2D eigenvalue weighted by Gasteiger charge is 2.09. The van der Waals surface area contributed by atoms with E-state index < -0.39 is 0 Å². The number of hydrogen-bond acceptors (Lipinski definition) is 0. The molecule has 0 heterocycles. The molecule has 0 rings (SSSR count). The molecule has 0 fully saturated rings. The van der Waals surface area contributed by atoms with E-state index in [-0.39, 0.29) is 0 Å². The Hall–Kier alpha value is -1.56. The van der Waals surface area contributed by atoms with Crippen LogP contribution in [0.2, 0.25) is 0 Å². The minimum absolute atomic E-state index is 0.504. The fourth-order valence-corrected chi connectivity index (χ4v) is 2.77. The third-order valence-corrected chi connectivity index (χ3v) is 5.87. The van der Waals surface area contributed by atoms with Crippen LogP contribution < -0.4 is 0 Å². The molecule has 0 spiro atoms. The van der Waals surface area contributed by atoms with Gasteiger partial charge < -0.3 is 0 Å². The predicted molar refractivity (Wildman–Crippen MR) is 158 cm³/mol. The average Bonchev–Trinajstić information content (AvgIpc) is 2.80. The Morgan fingerprint density at radius 3 is 1.73 bits per heavy atom. The SMILES string of the molecule is C=CC(C)/C=C\C(C)C(C)CCC(C)C.CC.CC/C(C)=C/C=C(CC)/C(C)=C/C=C(C)C. The smallest absolute Gasteiger partial charge is 0.00845 e. The largest absolute Gasteiger partial charge is 0.102 e.